The van der Waals surface area contributed by atoms with Crippen LogP contribution in [0.15, 0.2) is 24.3 Å². The van der Waals surface area contributed by atoms with Crippen LogP contribution in [0.4, 0.5) is 0 Å². The molecule has 44 heavy (non-hydrogen) atoms. The van der Waals surface area contributed by atoms with E-state index in [0.717, 1.165) is 137 Å². The van der Waals surface area contributed by atoms with Crippen molar-refractivity contribution >= 4 is 0 Å². The second-order valence-corrected chi connectivity index (χ2v) is 12.3. The molecule has 12 heteroatoms. The number of aliphatic hydroxyl groups excluding tert-OH is 2. The first-order valence-corrected chi connectivity index (χ1v) is 16.1. The van der Waals surface area contributed by atoms with Crippen LogP contribution in [0.25, 0.3) is 0 Å². The number of aromatic nitrogens is 8. The summed E-state index contributed by atoms with van der Waals surface area (Å²) in [6, 6.07) is 8.71. The number of aryl methyl sites for hydroxylation is 8. The van der Waals surface area contributed by atoms with Gasteiger partial charge in [0.1, 0.15) is 0 Å². The molecule has 8 bridgehead atoms. The number of hydrogen-bond acceptors (Lipinski definition) is 8. The van der Waals surface area contributed by atoms with Gasteiger partial charge in [0.25, 0.3) is 0 Å². The first-order chi connectivity index (χ1) is 21.3. The summed E-state index contributed by atoms with van der Waals surface area (Å²) >= 11 is 0. The lowest BCUT2D eigenvalue weighted by Crippen LogP contribution is -2.25. The summed E-state index contributed by atoms with van der Waals surface area (Å²) in [5.74, 6) is 0. The van der Waals surface area contributed by atoms with Crippen molar-refractivity contribution in [2.75, 3.05) is 26.3 Å². The molecule has 0 saturated carbocycles. The molecule has 0 unspecified atom stereocenters. The highest BCUT2D eigenvalue weighted by atomic mass is 16.3. The Bertz CT molecular complexity index is 1270. The molecular weight excluding hydrogens is 556 g/mol. The molecule has 5 rings (SSSR count). The van der Waals surface area contributed by atoms with Gasteiger partial charge in [-0.1, -0.05) is 0 Å². The Hall–Kier alpha value is -3.32. The summed E-state index contributed by atoms with van der Waals surface area (Å²) in [7, 11) is 0. The fourth-order valence-electron chi connectivity index (χ4n) is 6.20. The van der Waals surface area contributed by atoms with Crippen LogP contribution in [0, 0.1) is 27.7 Å². The summed E-state index contributed by atoms with van der Waals surface area (Å²) in [5.41, 5.74) is 8.79. The molecule has 0 aliphatic carbocycles. The standard InChI is InChI=1S/C32H50N10O2/c1-25-17-29-21-37(9-7-15-43)22-30-19-27(3)41(35-30)13-6-14-42-28(4)20-32(36-42)24-38(10-8-16-44)23-31-18-26(2)40(34-31)12-5-11-39(25)33-29/h17-20,43-44H,5-16,21-24H2,1-4H3. The van der Waals surface area contributed by atoms with E-state index in [-0.39, 0.29) is 13.2 Å². The molecule has 5 heterocycles. The predicted molar refractivity (Wildman–Crippen MR) is 169 cm³/mol. The summed E-state index contributed by atoms with van der Waals surface area (Å²) in [4.78, 5) is 4.67. The fraction of sp³-hybridized carbons (Fsp3) is 0.625. The molecule has 4 aromatic rings. The maximum atomic E-state index is 9.54. The van der Waals surface area contributed by atoms with Crippen molar-refractivity contribution in [2.24, 2.45) is 0 Å². The third kappa shape index (κ3) is 8.44. The molecular formula is C32H50N10O2. The average Bonchev–Trinajstić information content (AvgIpc) is 3.72. The highest BCUT2D eigenvalue weighted by molar-refractivity contribution is 5.13. The third-order valence-corrected chi connectivity index (χ3v) is 8.41. The van der Waals surface area contributed by atoms with Crippen LogP contribution >= 0.6 is 0 Å². The molecule has 2 N–H and O–H groups in total. The van der Waals surface area contributed by atoms with Gasteiger partial charge in [0.15, 0.2) is 0 Å². The summed E-state index contributed by atoms with van der Waals surface area (Å²) in [6.45, 7) is 16.6. The molecule has 0 radical (unpaired) electrons. The fourth-order valence-corrected chi connectivity index (χ4v) is 6.20. The Balaban J connectivity index is 1.38. The number of hydrogen-bond donors (Lipinski definition) is 2. The zero-order chi connectivity index (χ0) is 31.1. The Morgan fingerprint density at radius 2 is 0.773 bits per heavy atom. The molecule has 0 atom stereocenters. The first kappa shape index (κ1) is 32.1. The second kappa shape index (κ2) is 15.1. The average molecular weight is 607 g/mol. The lowest BCUT2D eigenvalue weighted by atomic mass is 10.2. The van der Waals surface area contributed by atoms with E-state index in [9.17, 15) is 10.2 Å². The van der Waals surface area contributed by atoms with Gasteiger partial charge >= 0.3 is 0 Å². The number of nitrogens with zero attached hydrogens (tertiary/aromatic N) is 10. The summed E-state index contributed by atoms with van der Waals surface area (Å²) in [5, 5.41) is 38.9. The van der Waals surface area contributed by atoms with Crippen molar-refractivity contribution in [2.45, 2.75) is 106 Å². The van der Waals surface area contributed by atoms with E-state index < -0.39 is 0 Å². The minimum absolute atomic E-state index is 0.168. The lowest BCUT2D eigenvalue weighted by molar-refractivity contribution is 0.208. The Kier molecular flexibility index (Phi) is 11.0. The van der Waals surface area contributed by atoms with Crippen LogP contribution in [0.2, 0.25) is 0 Å². The minimum Gasteiger partial charge on any atom is -0.396 e. The van der Waals surface area contributed by atoms with Crippen molar-refractivity contribution in [1.82, 2.24) is 48.9 Å². The van der Waals surface area contributed by atoms with Gasteiger partial charge in [-0.05, 0) is 77.6 Å². The van der Waals surface area contributed by atoms with Crippen molar-refractivity contribution in [1.29, 1.82) is 0 Å². The maximum absolute atomic E-state index is 9.54. The minimum atomic E-state index is 0.168. The molecule has 240 valence electrons. The highest BCUT2D eigenvalue weighted by Crippen LogP contribution is 2.16. The number of rotatable bonds is 6. The van der Waals surface area contributed by atoms with Crippen LogP contribution in [0.3, 0.4) is 0 Å². The third-order valence-electron chi connectivity index (χ3n) is 8.41. The molecule has 1 aliphatic rings. The molecule has 0 saturated heterocycles. The van der Waals surface area contributed by atoms with Gasteiger partial charge in [0, 0.05) is 101 Å². The normalized spacial score (nSPS) is 16.3. The second-order valence-electron chi connectivity index (χ2n) is 12.3. The van der Waals surface area contributed by atoms with Crippen molar-refractivity contribution in [3.63, 3.8) is 0 Å². The van der Waals surface area contributed by atoms with Crippen molar-refractivity contribution in [3.8, 4) is 0 Å². The van der Waals surface area contributed by atoms with Gasteiger partial charge in [-0.2, -0.15) is 20.4 Å². The maximum Gasteiger partial charge on any atom is 0.0767 e. The Morgan fingerprint density at radius 3 is 1.02 bits per heavy atom. The van der Waals surface area contributed by atoms with Crippen molar-refractivity contribution in [3.05, 3.63) is 69.8 Å². The van der Waals surface area contributed by atoms with Crippen LogP contribution in [-0.2, 0) is 52.4 Å². The molecule has 12 nitrogen and oxygen atoms in total. The van der Waals surface area contributed by atoms with E-state index in [4.69, 9.17) is 20.4 Å². The zero-order valence-electron chi connectivity index (χ0n) is 27.0. The Labute approximate surface area is 260 Å². The van der Waals surface area contributed by atoms with Crippen LogP contribution < -0.4 is 0 Å². The molecule has 0 fully saturated rings. The van der Waals surface area contributed by atoms with Gasteiger partial charge < -0.3 is 10.2 Å². The molecule has 0 spiro atoms. The lowest BCUT2D eigenvalue weighted by Gasteiger charge is -2.20. The molecule has 1 aliphatic heterocycles. The van der Waals surface area contributed by atoms with Gasteiger partial charge in [0.2, 0.25) is 0 Å². The van der Waals surface area contributed by atoms with E-state index in [0.29, 0.717) is 0 Å². The Morgan fingerprint density at radius 1 is 0.500 bits per heavy atom. The van der Waals surface area contributed by atoms with E-state index in [2.05, 4.69) is 80.5 Å². The largest absolute Gasteiger partial charge is 0.396 e. The highest BCUT2D eigenvalue weighted by Gasteiger charge is 2.16. The van der Waals surface area contributed by atoms with E-state index in [1.165, 1.54) is 0 Å². The van der Waals surface area contributed by atoms with Gasteiger partial charge in [-0.15, -0.1) is 0 Å². The van der Waals surface area contributed by atoms with E-state index in [1.807, 2.05) is 0 Å². The molecule has 0 amide bonds. The predicted octanol–water partition coefficient (Wildman–Crippen LogP) is 2.97. The summed E-state index contributed by atoms with van der Waals surface area (Å²) < 4.78 is 8.42. The number of fused-ring (bicyclic) bond motifs is 8. The monoisotopic (exact) mass is 606 g/mol. The van der Waals surface area contributed by atoms with Crippen molar-refractivity contribution < 1.29 is 10.2 Å². The summed E-state index contributed by atoms with van der Waals surface area (Å²) in [6.07, 6.45) is 3.30. The first-order valence-electron chi connectivity index (χ1n) is 16.1. The van der Waals surface area contributed by atoms with E-state index >= 15 is 0 Å². The van der Waals surface area contributed by atoms with Gasteiger partial charge in [-0.25, -0.2) is 0 Å². The topological polar surface area (TPSA) is 118 Å². The van der Waals surface area contributed by atoms with Gasteiger partial charge in [-0.3, -0.25) is 28.5 Å². The van der Waals surface area contributed by atoms with Gasteiger partial charge in [0.05, 0.1) is 22.8 Å². The quantitative estimate of drug-likeness (QED) is 0.344. The van der Waals surface area contributed by atoms with Crippen LogP contribution in [0.5, 0.6) is 0 Å². The molecule has 4 aromatic heterocycles. The van der Waals surface area contributed by atoms with Crippen LogP contribution in [-0.4, -0.2) is 85.4 Å². The van der Waals surface area contributed by atoms with E-state index in [1.54, 1.807) is 0 Å². The SMILES string of the molecule is Cc1cc2nn1CCCn1nc(cc1C)CN(CCCO)Cc1cc(C)n(n1)CCCn1nc(cc1C)CN(CCCO)C2. The number of aliphatic hydroxyl groups is 2. The zero-order valence-corrected chi connectivity index (χ0v) is 27.0. The smallest absolute Gasteiger partial charge is 0.0767 e. The molecule has 0 aromatic carbocycles. The van der Waals surface area contributed by atoms with Crippen LogP contribution in [0.1, 0.15) is 71.2 Å².